The maximum Gasteiger partial charge on any atom is 0.222 e. The van der Waals surface area contributed by atoms with E-state index in [-0.39, 0.29) is 0 Å². The Morgan fingerprint density at radius 1 is 1.32 bits per heavy atom. The van der Waals surface area contributed by atoms with E-state index in [1.54, 1.807) is 0 Å². The third-order valence-corrected chi connectivity index (χ3v) is 4.38. The zero-order chi connectivity index (χ0) is 13.5. The van der Waals surface area contributed by atoms with E-state index in [4.69, 9.17) is 4.74 Å². The molecule has 2 saturated heterocycles. The molecule has 0 saturated carbocycles. The minimum absolute atomic E-state index is 0.302. The second kappa shape index (κ2) is 7.85. The van der Waals surface area contributed by atoms with Gasteiger partial charge in [0, 0.05) is 26.6 Å². The molecule has 0 bridgehead atoms. The molecule has 2 aliphatic rings. The molecule has 110 valence electrons. The van der Waals surface area contributed by atoms with Gasteiger partial charge in [-0.3, -0.25) is 4.79 Å². The summed E-state index contributed by atoms with van der Waals surface area (Å²) in [4.78, 5) is 14.0. The number of rotatable bonds is 5. The van der Waals surface area contributed by atoms with Gasteiger partial charge in [0.2, 0.25) is 5.91 Å². The topological polar surface area (TPSA) is 41.6 Å². The first-order valence-electron chi connectivity index (χ1n) is 7.78. The molecule has 0 aliphatic carbocycles. The molecule has 4 heteroatoms. The molecule has 0 aromatic heterocycles. The van der Waals surface area contributed by atoms with E-state index in [9.17, 15) is 4.79 Å². The summed E-state index contributed by atoms with van der Waals surface area (Å²) in [5.41, 5.74) is 0. The summed E-state index contributed by atoms with van der Waals surface area (Å²) < 4.78 is 5.47. The van der Waals surface area contributed by atoms with Crippen LogP contribution < -0.4 is 5.32 Å². The highest BCUT2D eigenvalue weighted by atomic mass is 16.5. The summed E-state index contributed by atoms with van der Waals surface area (Å²) in [5, 5.41) is 3.41. The van der Waals surface area contributed by atoms with E-state index in [0.29, 0.717) is 24.2 Å². The lowest BCUT2D eigenvalue weighted by Gasteiger charge is -2.28. The number of carbonyl (C=O) groups is 1. The Balaban J connectivity index is 1.63. The third kappa shape index (κ3) is 5.11. The third-order valence-electron chi connectivity index (χ3n) is 4.38. The van der Waals surface area contributed by atoms with Crippen molar-refractivity contribution >= 4 is 5.91 Å². The number of nitrogens with zero attached hydrogens (tertiary/aromatic N) is 1. The van der Waals surface area contributed by atoms with Crippen molar-refractivity contribution in [3.05, 3.63) is 0 Å². The number of carbonyl (C=O) groups excluding carboxylic acids is 1. The van der Waals surface area contributed by atoms with E-state index >= 15 is 0 Å². The monoisotopic (exact) mass is 268 g/mol. The number of ether oxygens (including phenoxy) is 1. The number of hydrogen-bond acceptors (Lipinski definition) is 3. The summed E-state index contributed by atoms with van der Waals surface area (Å²) in [7, 11) is 1.94. The first-order valence-corrected chi connectivity index (χ1v) is 7.78. The molecular weight excluding hydrogens is 240 g/mol. The van der Waals surface area contributed by atoms with Gasteiger partial charge in [0.1, 0.15) is 0 Å². The van der Waals surface area contributed by atoms with Gasteiger partial charge in [-0.15, -0.1) is 0 Å². The van der Waals surface area contributed by atoms with Crippen molar-refractivity contribution in [3.8, 4) is 0 Å². The zero-order valence-corrected chi connectivity index (χ0v) is 12.2. The summed E-state index contributed by atoms with van der Waals surface area (Å²) in [6.07, 6.45) is 6.62. The molecule has 4 nitrogen and oxygen atoms in total. The first kappa shape index (κ1) is 14.8. The molecule has 2 atom stereocenters. The fourth-order valence-corrected chi connectivity index (χ4v) is 3.13. The van der Waals surface area contributed by atoms with E-state index in [1.165, 1.54) is 19.3 Å². The molecular formula is C15H28N2O2. The van der Waals surface area contributed by atoms with Gasteiger partial charge in [-0.25, -0.2) is 0 Å². The lowest BCUT2D eigenvalue weighted by atomic mass is 9.94. The van der Waals surface area contributed by atoms with E-state index < -0.39 is 0 Å². The minimum Gasteiger partial charge on any atom is -0.381 e. The van der Waals surface area contributed by atoms with Crippen molar-refractivity contribution in [2.45, 2.75) is 38.5 Å². The van der Waals surface area contributed by atoms with Crippen LogP contribution in [0.5, 0.6) is 0 Å². The van der Waals surface area contributed by atoms with Crippen LogP contribution >= 0.6 is 0 Å². The van der Waals surface area contributed by atoms with Gasteiger partial charge in [0.25, 0.3) is 0 Å². The normalized spacial score (nSPS) is 28.1. The fourth-order valence-electron chi connectivity index (χ4n) is 3.13. The molecule has 0 radical (unpaired) electrons. The van der Waals surface area contributed by atoms with Crippen LogP contribution in [0.2, 0.25) is 0 Å². The molecule has 19 heavy (non-hydrogen) atoms. The molecule has 2 rings (SSSR count). The van der Waals surface area contributed by atoms with Gasteiger partial charge >= 0.3 is 0 Å². The standard InChI is InChI=1S/C15H28N2O2/c1-17(11-14-5-3-9-19-12-14)15(18)7-6-13-4-2-8-16-10-13/h13-14,16H,2-12H2,1H3. The van der Waals surface area contributed by atoms with Crippen molar-refractivity contribution in [1.82, 2.24) is 10.2 Å². The van der Waals surface area contributed by atoms with Crippen LogP contribution in [0.15, 0.2) is 0 Å². The Labute approximate surface area is 116 Å². The maximum absolute atomic E-state index is 12.1. The highest BCUT2D eigenvalue weighted by Crippen LogP contribution is 2.18. The smallest absolute Gasteiger partial charge is 0.222 e. The predicted octanol–water partition coefficient (Wildman–Crippen LogP) is 1.65. The van der Waals surface area contributed by atoms with Gasteiger partial charge < -0.3 is 15.0 Å². The van der Waals surface area contributed by atoms with Crippen LogP contribution in [0, 0.1) is 11.8 Å². The van der Waals surface area contributed by atoms with Crippen LogP contribution in [0.3, 0.4) is 0 Å². The largest absolute Gasteiger partial charge is 0.381 e. The lowest BCUT2D eigenvalue weighted by Crippen LogP contribution is -2.36. The zero-order valence-electron chi connectivity index (χ0n) is 12.2. The van der Waals surface area contributed by atoms with Gasteiger partial charge in [-0.1, -0.05) is 0 Å². The molecule has 0 aromatic carbocycles. The average Bonchev–Trinajstić information content (AvgIpc) is 2.47. The van der Waals surface area contributed by atoms with Crippen LogP contribution in [0.25, 0.3) is 0 Å². The van der Waals surface area contributed by atoms with Gasteiger partial charge in [-0.05, 0) is 57.0 Å². The van der Waals surface area contributed by atoms with Gasteiger partial charge in [0.05, 0.1) is 6.61 Å². The van der Waals surface area contributed by atoms with Crippen LogP contribution in [-0.4, -0.2) is 50.7 Å². The summed E-state index contributed by atoms with van der Waals surface area (Å²) in [5.74, 6) is 1.54. The van der Waals surface area contributed by atoms with Crippen LogP contribution in [-0.2, 0) is 9.53 Å². The quantitative estimate of drug-likeness (QED) is 0.824. The Kier molecular flexibility index (Phi) is 6.11. The number of piperidine rings is 1. The maximum atomic E-state index is 12.1. The summed E-state index contributed by atoms with van der Waals surface area (Å²) in [6.45, 7) is 4.81. The van der Waals surface area contributed by atoms with E-state index in [1.807, 2.05) is 11.9 Å². The van der Waals surface area contributed by atoms with Crippen molar-refractivity contribution in [1.29, 1.82) is 0 Å². The molecule has 2 unspecified atom stereocenters. The fraction of sp³-hybridized carbons (Fsp3) is 0.933. The average molecular weight is 268 g/mol. The summed E-state index contributed by atoms with van der Waals surface area (Å²) >= 11 is 0. The Bertz CT molecular complexity index is 271. The van der Waals surface area contributed by atoms with Gasteiger partial charge in [-0.2, -0.15) is 0 Å². The number of hydrogen-bond donors (Lipinski definition) is 1. The Hall–Kier alpha value is -0.610. The number of nitrogens with one attached hydrogen (secondary N) is 1. The molecule has 2 aliphatic heterocycles. The highest BCUT2D eigenvalue weighted by molar-refractivity contribution is 5.75. The van der Waals surface area contributed by atoms with Crippen molar-refractivity contribution in [2.24, 2.45) is 11.8 Å². The van der Waals surface area contributed by atoms with Gasteiger partial charge in [0.15, 0.2) is 0 Å². The Morgan fingerprint density at radius 3 is 2.84 bits per heavy atom. The lowest BCUT2D eigenvalue weighted by molar-refractivity contribution is -0.131. The van der Waals surface area contributed by atoms with E-state index in [0.717, 1.165) is 45.7 Å². The van der Waals surface area contributed by atoms with Crippen molar-refractivity contribution < 1.29 is 9.53 Å². The van der Waals surface area contributed by atoms with E-state index in [2.05, 4.69) is 5.32 Å². The SMILES string of the molecule is CN(CC1CCCOC1)C(=O)CCC1CCCNC1. The second-order valence-electron chi connectivity index (χ2n) is 6.11. The highest BCUT2D eigenvalue weighted by Gasteiger charge is 2.20. The molecule has 1 amide bonds. The Morgan fingerprint density at radius 2 is 2.16 bits per heavy atom. The predicted molar refractivity (Wildman–Crippen MR) is 76.0 cm³/mol. The second-order valence-corrected chi connectivity index (χ2v) is 6.11. The molecule has 0 aromatic rings. The summed E-state index contributed by atoms with van der Waals surface area (Å²) in [6, 6.07) is 0. The molecule has 1 N–H and O–H groups in total. The first-order chi connectivity index (χ1) is 9.25. The van der Waals surface area contributed by atoms with Crippen LogP contribution in [0.4, 0.5) is 0 Å². The molecule has 2 fully saturated rings. The van der Waals surface area contributed by atoms with Crippen molar-refractivity contribution in [2.75, 3.05) is 39.9 Å². The van der Waals surface area contributed by atoms with Crippen LogP contribution in [0.1, 0.15) is 38.5 Å². The minimum atomic E-state index is 0.302. The molecule has 2 heterocycles. The number of amides is 1. The van der Waals surface area contributed by atoms with Crippen molar-refractivity contribution in [3.63, 3.8) is 0 Å². The molecule has 0 spiro atoms.